The van der Waals surface area contributed by atoms with Crippen LogP contribution < -0.4 is 4.90 Å². The van der Waals surface area contributed by atoms with Crippen LogP contribution in [0.15, 0.2) is 78.9 Å². The zero-order chi connectivity index (χ0) is 18.5. The molecule has 0 N–H and O–H groups in total. The fourth-order valence-electron chi connectivity index (χ4n) is 4.42. The van der Waals surface area contributed by atoms with E-state index in [1.54, 1.807) is 0 Å². The molecule has 0 atom stereocenters. The van der Waals surface area contributed by atoms with Gasteiger partial charge in [0.05, 0.1) is 0 Å². The highest BCUT2D eigenvalue weighted by Gasteiger charge is 2.24. The van der Waals surface area contributed by atoms with Gasteiger partial charge >= 0.3 is 0 Å². The van der Waals surface area contributed by atoms with Crippen LogP contribution in [0, 0.1) is 6.92 Å². The lowest BCUT2D eigenvalue weighted by atomic mass is 10.00. The van der Waals surface area contributed by atoms with Crippen LogP contribution in [0.5, 0.6) is 0 Å². The molecular formula is C26H23N. The van der Waals surface area contributed by atoms with Crippen LogP contribution in [0.2, 0.25) is 0 Å². The van der Waals surface area contributed by atoms with E-state index in [0.29, 0.717) is 6.04 Å². The minimum atomic E-state index is 0.369. The normalized spacial score (nSPS) is 11.9. The Morgan fingerprint density at radius 2 is 1.26 bits per heavy atom. The van der Waals surface area contributed by atoms with Gasteiger partial charge in [-0.25, -0.2) is 0 Å². The Morgan fingerprint density at radius 3 is 1.93 bits per heavy atom. The maximum atomic E-state index is 2.45. The Bertz CT molecular complexity index is 1120. The number of anilines is 2. The standard InChI is InChI=1S/C26H23N/c1-17(2)27(19-13-11-18(3)12-14-19)25-16-15-23-21-8-5-4-7-20(21)22-9-6-10-24(25)26(22)23/h4-17H,1-3H3. The summed E-state index contributed by atoms with van der Waals surface area (Å²) in [5.41, 5.74) is 9.22. The zero-order valence-corrected chi connectivity index (χ0v) is 16.0. The van der Waals surface area contributed by atoms with Crippen molar-refractivity contribution in [3.8, 4) is 22.3 Å². The first-order valence-electron chi connectivity index (χ1n) is 9.66. The Morgan fingerprint density at radius 1 is 0.630 bits per heavy atom. The van der Waals surface area contributed by atoms with Crippen molar-refractivity contribution in [3.63, 3.8) is 0 Å². The summed E-state index contributed by atoms with van der Waals surface area (Å²) in [6.45, 7) is 6.66. The molecule has 0 unspecified atom stereocenters. The molecule has 0 heterocycles. The van der Waals surface area contributed by atoms with Gasteiger partial charge in [-0.3, -0.25) is 0 Å². The molecule has 0 saturated carbocycles. The summed E-state index contributed by atoms with van der Waals surface area (Å²) in [5.74, 6) is 0. The van der Waals surface area contributed by atoms with Crippen molar-refractivity contribution in [2.75, 3.05) is 4.90 Å². The number of aryl methyl sites for hydroxylation is 1. The first kappa shape index (κ1) is 16.1. The highest BCUT2D eigenvalue weighted by atomic mass is 15.2. The molecule has 1 nitrogen and oxygen atoms in total. The first-order valence-corrected chi connectivity index (χ1v) is 9.66. The van der Waals surface area contributed by atoms with Crippen LogP contribution in [0.1, 0.15) is 19.4 Å². The largest absolute Gasteiger partial charge is 0.338 e. The van der Waals surface area contributed by atoms with Crippen molar-refractivity contribution in [2.24, 2.45) is 0 Å². The molecule has 0 saturated heterocycles. The highest BCUT2D eigenvalue weighted by Crippen LogP contribution is 2.49. The van der Waals surface area contributed by atoms with Gasteiger partial charge in [0.1, 0.15) is 0 Å². The predicted molar refractivity (Wildman–Crippen MR) is 117 cm³/mol. The van der Waals surface area contributed by atoms with Crippen LogP contribution in [0.3, 0.4) is 0 Å². The molecule has 0 aromatic heterocycles. The van der Waals surface area contributed by atoms with Crippen molar-refractivity contribution in [2.45, 2.75) is 26.8 Å². The summed E-state index contributed by atoms with van der Waals surface area (Å²) in [6, 6.07) is 29.3. The van der Waals surface area contributed by atoms with Gasteiger partial charge in [-0.05, 0) is 66.6 Å². The average Bonchev–Trinajstić information content (AvgIpc) is 3.01. The molecule has 0 aliphatic heterocycles. The van der Waals surface area contributed by atoms with E-state index in [4.69, 9.17) is 0 Å². The summed E-state index contributed by atoms with van der Waals surface area (Å²) in [4.78, 5) is 2.45. The van der Waals surface area contributed by atoms with Crippen LogP contribution in [0.25, 0.3) is 33.0 Å². The summed E-state index contributed by atoms with van der Waals surface area (Å²) in [5, 5.41) is 2.71. The highest BCUT2D eigenvalue weighted by molar-refractivity contribution is 6.18. The lowest BCUT2D eigenvalue weighted by Gasteiger charge is -2.31. The molecule has 4 aromatic rings. The predicted octanol–water partition coefficient (Wildman–Crippen LogP) is 7.34. The van der Waals surface area contributed by atoms with Crippen LogP contribution >= 0.6 is 0 Å². The average molecular weight is 349 g/mol. The fraction of sp³-hybridized carbons (Fsp3) is 0.154. The molecule has 4 aromatic carbocycles. The van der Waals surface area contributed by atoms with Crippen LogP contribution in [-0.4, -0.2) is 6.04 Å². The maximum absolute atomic E-state index is 2.45. The third-order valence-electron chi connectivity index (χ3n) is 5.61. The number of hydrogen-bond acceptors (Lipinski definition) is 1. The van der Waals surface area contributed by atoms with Gasteiger partial charge in [0.2, 0.25) is 0 Å². The second-order valence-electron chi connectivity index (χ2n) is 7.71. The molecule has 0 fully saturated rings. The zero-order valence-electron chi connectivity index (χ0n) is 16.0. The molecule has 1 heteroatoms. The van der Waals surface area contributed by atoms with E-state index in [0.717, 1.165) is 0 Å². The summed E-state index contributed by atoms with van der Waals surface area (Å²) in [7, 11) is 0. The molecule has 132 valence electrons. The van der Waals surface area contributed by atoms with E-state index >= 15 is 0 Å². The van der Waals surface area contributed by atoms with Crippen molar-refractivity contribution in [3.05, 3.63) is 84.4 Å². The van der Waals surface area contributed by atoms with E-state index in [1.807, 2.05) is 0 Å². The lowest BCUT2D eigenvalue weighted by Crippen LogP contribution is -2.25. The first-order chi connectivity index (χ1) is 13.1. The number of rotatable bonds is 3. The molecular weight excluding hydrogens is 326 g/mol. The van der Waals surface area contributed by atoms with E-state index in [-0.39, 0.29) is 0 Å². The van der Waals surface area contributed by atoms with Crippen molar-refractivity contribution in [1.29, 1.82) is 0 Å². The van der Waals surface area contributed by atoms with Gasteiger partial charge in [-0.1, -0.05) is 66.2 Å². The molecule has 1 aliphatic carbocycles. The van der Waals surface area contributed by atoms with E-state index < -0.39 is 0 Å². The smallest absolute Gasteiger partial charge is 0.0493 e. The lowest BCUT2D eigenvalue weighted by molar-refractivity contribution is 0.791. The second-order valence-corrected chi connectivity index (χ2v) is 7.71. The van der Waals surface area contributed by atoms with Crippen molar-refractivity contribution >= 4 is 22.1 Å². The third kappa shape index (κ3) is 2.39. The molecule has 0 radical (unpaired) electrons. The van der Waals surface area contributed by atoms with E-state index in [1.165, 1.54) is 50.0 Å². The molecule has 27 heavy (non-hydrogen) atoms. The fourth-order valence-corrected chi connectivity index (χ4v) is 4.42. The SMILES string of the molecule is Cc1ccc(N(c2ccc3c4c(cccc24)-c2ccccc2-3)C(C)C)cc1. The number of fused-ring (bicyclic) bond motifs is 3. The van der Waals surface area contributed by atoms with Gasteiger partial charge in [0.15, 0.2) is 0 Å². The summed E-state index contributed by atoms with van der Waals surface area (Å²) in [6.07, 6.45) is 0. The van der Waals surface area contributed by atoms with Crippen molar-refractivity contribution in [1.82, 2.24) is 0 Å². The Labute approximate surface area is 160 Å². The van der Waals surface area contributed by atoms with E-state index in [2.05, 4.69) is 105 Å². The second kappa shape index (κ2) is 5.99. The van der Waals surface area contributed by atoms with Gasteiger partial charge in [-0.2, -0.15) is 0 Å². The Kier molecular flexibility index (Phi) is 3.58. The van der Waals surface area contributed by atoms with Gasteiger partial charge < -0.3 is 4.90 Å². The summed E-state index contributed by atoms with van der Waals surface area (Å²) >= 11 is 0. The number of benzene rings is 4. The number of nitrogens with zero attached hydrogens (tertiary/aromatic N) is 1. The number of hydrogen-bond donors (Lipinski definition) is 0. The topological polar surface area (TPSA) is 3.24 Å². The van der Waals surface area contributed by atoms with Crippen LogP contribution in [0.4, 0.5) is 11.4 Å². The Balaban J connectivity index is 1.78. The van der Waals surface area contributed by atoms with Gasteiger partial charge in [0, 0.05) is 22.8 Å². The van der Waals surface area contributed by atoms with Gasteiger partial charge in [-0.15, -0.1) is 0 Å². The van der Waals surface area contributed by atoms with Crippen molar-refractivity contribution < 1.29 is 0 Å². The maximum Gasteiger partial charge on any atom is 0.0493 e. The Hall–Kier alpha value is -3.06. The minimum absolute atomic E-state index is 0.369. The molecule has 5 rings (SSSR count). The minimum Gasteiger partial charge on any atom is -0.338 e. The third-order valence-corrected chi connectivity index (χ3v) is 5.61. The summed E-state index contributed by atoms with van der Waals surface area (Å²) < 4.78 is 0. The molecule has 0 amide bonds. The molecule has 0 bridgehead atoms. The van der Waals surface area contributed by atoms with Crippen LogP contribution in [-0.2, 0) is 0 Å². The molecule has 1 aliphatic rings. The van der Waals surface area contributed by atoms with E-state index in [9.17, 15) is 0 Å². The quantitative estimate of drug-likeness (QED) is 0.329. The monoisotopic (exact) mass is 349 g/mol. The van der Waals surface area contributed by atoms with Gasteiger partial charge in [0.25, 0.3) is 0 Å². The molecule has 0 spiro atoms.